The summed E-state index contributed by atoms with van der Waals surface area (Å²) in [5, 5.41) is 15.3. The first-order valence-corrected chi connectivity index (χ1v) is 8.53. The van der Waals surface area contributed by atoms with Gasteiger partial charge < -0.3 is 15.0 Å². The van der Waals surface area contributed by atoms with Crippen molar-refractivity contribution in [2.24, 2.45) is 0 Å². The van der Waals surface area contributed by atoms with E-state index in [4.69, 9.17) is 4.74 Å². The minimum atomic E-state index is -0.164. The normalized spacial score (nSPS) is 14.0. The van der Waals surface area contributed by atoms with E-state index in [0.717, 1.165) is 18.7 Å². The summed E-state index contributed by atoms with van der Waals surface area (Å²) in [5.74, 6) is 0.943. The van der Waals surface area contributed by atoms with Gasteiger partial charge >= 0.3 is 0 Å². The average Bonchev–Trinajstić information content (AvgIpc) is 3.06. The molecule has 0 saturated heterocycles. The molecule has 2 heterocycles. The number of ether oxygens (including phenoxy) is 1. The van der Waals surface area contributed by atoms with Crippen LogP contribution in [0, 0.1) is 11.3 Å². The van der Waals surface area contributed by atoms with E-state index in [0.29, 0.717) is 23.7 Å². The van der Waals surface area contributed by atoms with Crippen LogP contribution in [0.4, 0.5) is 11.6 Å². The summed E-state index contributed by atoms with van der Waals surface area (Å²) >= 11 is 0. The van der Waals surface area contributed by atoms with Crippen LogP contribution in [0.2, 0.25) is 0 Å². The van der Waals surface area contributed by atoms with Crippen LogP contribution in [-0.4, -0.2) is 41.4 Å². The molecule has 0 atom stereocenters. The third-order valence-electron chi connectivity index (χ3n) is 3.86. The Morgan fingerprint density at radius 3 is 2.89 bits per heavy atom. The number of aromatic nitrogens is 2. The van der Waals surface area contributed by atoms with Gasteiger partial charge in [-0.3, -0.25) is 10.1 Å². The molecule has 0 unspecified atom stereocenters. The monoisotopic (exact) mass is 364 g/mol. The van der Waals surface area contributed by atoms with Crippen molar-refractivity contribution in [2.45, 2.75) is 12.8 Å². The van der Waals surface area contributed by atoms with Crippen molar-refractivity contribution in [3.05, 3.63) is 48.1 Å². The van der Waals surface area contributed by atoms with Gasteiger partial charge in [0.25, 0.3) is 0 Å². The number of para-hydroxylation sites is 2. The first-order chi connectivity index (χ1) is 13.1. The minimum absolute atomic E-state index is 0.159. The summed E-state index contributed by atoms with van der Waals surface area (Å²) in [6.07, 6.45) is 2.61. The highest BCUT2D eigenvalue weighted by Crippen LogP contribution is 2.35. The fraction of sp³-hybridized carbons (Fsp3) is 0.263. The molecule has 3 rings (SSSR count). The third-order valence-corrected chi connectivity index (χ3v) is 3.86. The van der Waals surface area contributed by atoms with Crippen LogP contribution < -0.4 is 15.4 Å². The van der Waals surface area contributed by atoms with Gasteiger partial charge in [0.1, 0.15) is 11.6 Å². The number of nitrogens with one attached hydrogen (secondary N) is 2. The van der Waals surface area contributed by atoms with Crippen molar-refractivity contribution in [1.29, 1.82) is 5.26 Å². The van der Waals surface area contributed by atoms with E-state index < -0.39 is 0 Å². The predicted octanol–water partition coefficient (Wildman–Crippen LogP) is 2.45. The first-order valence-electron chi connectivity index (χ1n) is 8.53. The van der Waals surface area contributed by atoms with Gasteiger partial charge in [-0.25, -0.2) is 9.97 Å². The molecule has 1 aliphatic rings. The second-order valence-corrected chi connectivity index (χ2v) is 6.26. The van der Waals surface area contributed by atoms with Crippen molar-refractivity contribution in [1.82, 2.24) is 14.9 Å². The Morgan fingerprint density at radius 2 is 2.15 bits per heavy atom. The summed E-state index contributed by atoms with van der Waals surface area (Å²) in [6.45, 7) is 0.822. The van der Waals surface area contributed by atoms with E-state index in [2.05, 4.69) is 26.7 Å². The third kappa shape index (κ3) is 4.59. The summed E-state index contributed by atoms with van der Waals surface area (Å²) in [4.78, 5) is 22.4. The summed E-state index contributed by atoms with van der Waals surface area (Å²) < 4.78 is 5.70. The van der Waals surface area contributed by atoms with Crippen LogP contribution in [-0.2, 0) is 4.79 Å². The van der Waals surface area contributed by atoms with Gasteiger partial charge in [-0.1, -0.05) is 12.1 Å². The van der Waals surface area contributed by atoms with Crippen molar-refractivity contribution in [3.63, 3.8) is 0 Å². The Morgan fingerprint density at radius 1 is 1.33 bits per heavy atom. The maximum absolute atomic E-state index is 12.0. The highest BCUT2D eigenvalue weighted by Gasteiger charge is 2.22. The van der Waals surface area contributed by atoms with Crippen LogP contribution in [0.15, 0.2) is 42.4 Å². The number of hydrogen-bond donors (Lipinski definition) is 2. The molecule has 2 aromatic rings. The zero-order chi connectivity index (χ0) is 19.2. The lowest BCUT2D eigenvalue weighted by Crippen LogP contribution is -2.18. The zero-order valence-electron chi connectivity index (χ0n) is 15.2. The number of nitrogens with zero attached hydrogens (tertiary/aromatic N) is 4. The highest BCUT2D eigenvalue weighted by atomic mass is 16.5. The molecule has 2 N–H and O–H groups in total. The van der Waals surface area contributed by atoms with Crippen LogP contribution >= 0.6 is 0 Å². The Hall–Kier alpha value is -3.44. The standard InChI is InChI=1S/C19H20N6O2/c1-25(2)11-5-8-17(26)24-19-21-10-9-14(23-19)13(12-20)18-22-15-6-3-4-7-16(15)27-18/h3-4,6-7,9-10,22H,5,8,11H2,1-2H3,(H,21,23,24,26)/b18-13-. The van der Waals surface area contributed by atoms with E-state index in [9.17, 15) is 10.1 Å². The molecule has 0 radical (unpaired) electrons. The highest BCUT2D eigenvalue weighted by molar-refractivity contribution is 5.89. The Bertz CT molecular complexity index is 889. The lowest BCUT2D eigenvalue weighted by atomic mass is 10.2. The smallest absolute Gasteiger partial charge is 0.229 e. The number of nitriles is 1. The number of benzene rings is 1. The largest absolute Gasteiger partial charge is 0.437 e. The maximum atomic E-state index is 12.0. The lowest BCUT2D eigenvalue weighted by Gasteiger charge is -2.09. The van der Waals surface area contributed by atoms with Crippen molar-refractivity contribution < 1.29 is 9.53 Å². The van der Waals surface area contributed by atoms with Crippen LogP contribution in [0.5, 0.6) is 5.75 Å². The van der Waals surface area contributed by atoms with Crippen molar-refractivity contribution in [3.8, 4) is 11.8 Å². The molecule has 0 fully saturated rings. The summed E-state index contributed by atoms with van der Waals surface area (Å²) in [7, 11) is 3.91. The molecule has 1 aromatic heterocycles. The number of allylic oxidation sites excluding steroid dienone is 1. The second-order valence-electron chi connectivity index (χ2n) is 6.26. The van der Waals surface area contributed by atoms with Gasteiger partial charge in [0.05, 0.1) is 11.4 Å². The van der Waals surface area contributed by atoms with Gasteiger partial charge in [-0.05, 0) is 45.3 Å². The lowest BCUT2D eigenvalue weighted by molar-refractivity contribution is -0.116. The average molecular weight is 364 g/mol. The molecule has 0 bridgehead atoms. The molecule has 0 spiro atoms. The summed E-state index contributed by atoms with van der Waals surface area (Å²) in [5.41, 5.74) is 1.38. The second kappa shape index (κ2) is 8.29. The van der Waals surface area contributed by atoms with Gasteiger partial charge in [0, 0.05) is 12.6 Å². The molecular weight excluding hydrogens is 344 g/mol. The van der Waals surface area contributed by atoms with Crippen molar-refractivity contribution in [2.75, 3.05) is 31.3 Å². The molecule has 8 nitrogen and oxygen atoms in total. The number of hydrogen-bond acceptors (Lipinski definition) is 7. The Balaban J connectivity index is 1.74. The quantitative estimate of drug-likeness (QED) is 0.759. The Labute approximate surface area is 157 Å². The van der Waals surface area contributed by atoms with Gasteiger partial charge in [0.2, 0.25) is 17.7 Å². The number of anilines is 2. The van der Waals surface area contributed by atoms with E-state index in [-0.39, 0.29) is 17.4 Å². The Kier molecular flexibility index (Phi) is 5.64. The molecule has 8 heteroatoms. The number of rotatable bonds is 6. The SMILES string of the molecule is CN(C)CCCC(=O)Nc1nccc(/C(C#N)=C2/Nc3ccccc3O2)n1. The molecule has 1 aromatic carbocycles. The van der Waals surface area contributed by atoms with Crippen molar-refractivity contribution >= 4 is 23.1 Å². The van der Waals surface area contributed by atoms with E-state index in [1.165, 1.54) is 6.20 Å². The van der Waals surface area contributed by atoms with Crippen LogP contribution in [0.25, 0.3) is 5.57 Å². The fourth-order valence-corrected chi connectivity index (χ4v) is 2.56. The minimum Gasteiger partial charge on any atom is -0.437 e. The molecule has 138 valence electrons. The topological polar surface area (TPSA) is 103 Å². The molecule has 0 saturated carbocycles. The summed E-state index contributed by atoms with van der Waals surface area (Å²) in [6, 6.07) is 11.1. The van der Waals surface area contributed by atoms with Gasteiger partial charge in [0.15, 0.2) is 5.75 Å². The first kappa shape index (κ1) is 18.4. The number of fused-ring (bicyclic) bond motifs is 1. The van der Waals surface area contributed by atoms with E-state index >= 15 is 0 Å². The van der Waals surface area contributed by atoms with Crippen LogP contribution in [0.3, 0.4) is 0 Å². The number of carbonyl (C=O) groups excluding carboxylic acids is 1. The maximum Gasteiger partial charge on any atom is 0.229 e. The van der Waals surface area contributed by atoms with E-state index in [1.54, 1.807) is 6.07 Å². The number of amides is 1. The predicted molar refractivity (Wildman–Crippen MR) is 102 cm³/mol. The van der Waals surface area contributed by atoms with Gasteiger partial charge in [-0.2, -0.15) is 5.26 Å². The molecule has 1 aliphatic heterocycles. The van der Waals surface area contributed by atoms with Crippen LogP contribution in [0.1, 0.15) is 18.5 Å². The van der Waals surface area contributed by atoms with Gasteiger partial charge in [-0.15, -0.1) is 0 Å². The molecular formula is C19H20N6O2. The van der Waals surface area contributed by atoms with E-state index in [1.807, 2.05) is 43.3 Å². The fourth-order valence-electron chi connectivity index (χ4n) is 2.56. The molecule has 0 aliphatic carbocycles. The molecule has 27 heavy (non-hydrogen) atoms. The number of carbonyl (C=O) groups is 1. The molecule has 1 amide bonds. The zero-order valence-corrected chi connectivity index (χ0v) is 15.2.